The Kier molecular flexibility index (Phi) is 6.14. The fourth-order valence-electron chi connectivity index (χ4n) is 3.08. The Morgan fingerprint density at radius 3 is 2.45 bits per heavy atom. The van der Waals surface area contributed by atoms with Gasteiger partial charge in [-0.1, -0.05) is 0 Å². The topological polar surface area (TPSA) is 69.0 Å². The average Bonchev–Trinajstić information content (AvgIpc) is 3.42. The summed E-state index contributed by atoms with van der Waals surface area (Å²) < 4.78 is 60.5. The minimum Gasteiger partial charge on any atom is -0.494 e. The van der Waals surface area contributed by atoms with E-state index in [-0.39, 0.29) is 10.8 Å². The zero-order chi connectivity index (χ0) is 23.6. The second kappa shape index (κ2) is 9.02. The van der Waals surface area contributed by atoms with Crippen molar-refractivity contribution >= 4 is 22.4 Å². The third-order valence-corrected chi connectivity index (χ3v) is 5.30. The molecule has 2 aromatic carbocycles. The quantitative estimate of drug-likeness (QED) is 0.357. The Morgan fingerprint density at radius 2 is 1.82 bits per heavy atom. The van der Waals surface area contributed by atoms with E-state index in [0.717, 1.165) is 47.4 Å². The van der Waals surface area contributed by atoms with Gasteiger partial charge in [-0.3, -0.25) is 10.1 Å². The van der Waals surface area contributed by atoms with E-state index >= 15 is 0 Å². The van der Waals surface area contributed by atoms with Crippen molar-refractivity contribution in [1.82, 2.24) is 14.8 Å². The van der Waals surface area contributed by atoms with E-state index < -0.39 is 29.2 Å². The molecule has 0 radical (unpaired) electrons. The van der Waals surface area contributed by atoms with E-state index in [1.165, 1.54) is 0 Å². The molecule has 0 aliphatic rings. The van der Waals surface area contributed by atoms with Crippen molar-refractivity contribution in [3.63, 3.8) is 0 Å². The predicted molar refractivity (Wildman–Crippen MR) is 115 cm³/mol. The summed E-state index contributed by atoms with van der Waals surface area (Å²) in [5.41, 5.74) is -0.666. The number of carbonyl (C=O) groups excluding carboxylic acids is 1. The lowest BCUT2D eigenvalue weighted by molar-refractivity contribution is -0.143. The van der Waals surface area contributed by atoms with Crippen LogP contribution in [0.3, 0.4) is 0 Å². The molecule has 170 valence electrons. The molecule has 2 aromatic heterocycles. The molecule has 11 heteroatoms. The number of thiazole rings is 1. The molecule has 0 fully saturated rings. The molecular weight excluding hydrogens is 460 g/mol. The first-order chi connectivity index (χ1) is 15.8. The molecule has 0 spiro atoms. The Hall–Kier alpha value is -3.73. The summed E-state index contributed by atoms with van der Waals surface area (Å²) >= 11 is 1.08. The molecule has 0 saturated carbocycles. The van der Waals surface area contributed by atoms with E-state index in [1.807, 2.05) is 6.92 Å². The molecule has 33 heavy (non-hydrogen) atoms. The smallest absolute Gasteiger partial charge is 0.434 e. The summed E-state index contributed by atoms with van der Waals surface area (Å²) in [6.45, 7) is 2.40. The second-order valence-electron chi connectivity index (χ2n) is 6.74. The molecule has 0 atom stereocenters. The van der Waals surface area contributed by atoms with Gasteiger partial charge in [-0.15, -0.1) is 11.3 Å². The molecule has 0 saturated heterocycles. The Balaban J connectivity index is 1.58. The Bertz CT molecular complexity index is 1270. The van der Waals surface area contributed by atoms with Crippen LogP contribution in [0.4, 0.5) is 22.7 Å². The van der Waals surface area contributed by atoms with Gasteiger partial charge < -0.3 is 4.74 Å². The van der Waals surface area contributed by atoms with Crippen LogP contribution in [0.1, 0.15) is 23.0 Å². The van der Waals surface area contributed by atoms with Crippen LogP contribution >= 0.6 is 11.3 Å². The Labute approximate surface area is 189 Å². The normalized spacial score (nSPS) is 11.4. The van der Waals surface area contributed by atoms with Crippen molar-refractivity contribution < 1.29 is 27.1 Å². The van der Waals surface area contributed by atoms with Crippen LogP contribution in [-0.4, -0.2) is 27.3 Å². The fourth-order valence-corrected chi connectivity index (χ4v) is 3.80. The first-order valence-corrected chi connectivity index (χ1v) is 10.6. The largest absolute Gasteiger partial charge is 0.494 e. The highest BCUT2D eigenvalue weighted by molar-refractivity contribution is 7.14. The maximum atomic E-state index is 13.8. The summed E-state index contributed by atoms with van der Waals surface area (Å²) in [7, 11) is 0. The number of rotatable bonds is 6. The lowest BCUT2D eigenvalue weighted by atomic mass is 10.2. The maximum Gasteiger partial charge on any atom is 0.434 e. The number of carbonyl (C=O) groups is 1. The highest BCUT2D eigenvalue weighted by Crippen LogP contribution is 2.34. The highest BCUT2D eigenvalue weighted by atomic mass is 32.1. The number of alkyl halides is 3. The fraction of sp³-hybridized carbons (Fsp3) is 0.136. The number of anilines is 1. The summed E-state index contributed by atoms with van der Waals surface area (Å²) in [5, 5.41) is 7.91. The molecular formula is C22H16F4N4O2S. The lowest BCUT2D eigenvalue weighted by Gasteiger charge is -2.12. The van der Waals surface area contributed by atoms with Gasteiger partial charge in [0.25, 0.3) is 5.91 Å². The molecule has 0 aliphatic heterocycles. The van der Waals surface area contributed by atoms with Crippen molar-refractivity contribution in [3.05, 3.63) is 77.2 Å². The van der Waals surface area contributed by atoms with E-state index in [1.54, 1.807) is 29.6 Å². The molecule has 1 amide bonds. The van der Waals surface area contributed by atoms with Gasteiger partial charge in [-0.2, -0.15) is 18.3 Å². The first kappa shape index (κ1) is 22.5. The molecule has 0 bridgehead atoms. The summed E-state index contributed by atoms with van der Waals surface area (Å²) in [6.07, 6.45) is -4.06. The summed E-state index contributed by atoms with van der Waals surface area (Å²) in [6, 6.07) is 11.4. The number of hydrogen-bond donors (Lipinski definition) is 1. The van der Waals surface area contributed by atoms with Gasteiger partial charge in [0.1, 0.15) is 11.6 Å². The second-order valence-corrected chi connectivity index (χ2v) is 7.60. The van der Waals surface area contributed by atoms with E-state index in [4.69, 9.17) is 4.74 Å². The van der Waals surface area contributed by atoms with Crippen LogP contribution in [0, 0.1) is 5.82 Å². The molecule has 0 unspecified atom stereocenters. The highest BCUT2D eigenvalue weighted by Gasteiger charge is 2.40. The molecule has 6 nitrogen and oxygen atoms in total. The average molecular weight is 476 g/mol. The van der Waals surface area contributed by atoms with Gasteiger partial charge in [-0.05, 0) is 55.5 Å². The number of nitrogens with one attached hydrogen (secondary N) is 1. The third kappa shape index (κ3) is 4.87. The number of halogens is 4. The zero-order valence-corrected chi connectivity index (χ0v) is 17.9. The van der Waals surface area contributed by atoms with Crippen molar-refractivity contribution in [1.29, 1.82) is 0 Å². The minimum atomic E-state index is -4.88. The van der Waals surface area contributed by atoms with Gasteiger partial charge in [0, 0.05) is 10.9 Å². The molecule has 4 aromatic rings. The van der Waals surface area contributed by atoms with Crippen LogP contribution in [0.25, 0.3) is 16.9 Å². The van der Waals surface area contributed by atoms with Gasteiger partial charge in [-0.25, -0.2) is 14.1 Å². The van der Waals surface area contributed by atoms with Crippen LogP contribution in [-0.2, 0) is 6.18 Å². The van der Waals surface area contributed by atoms with E-state index in [2.05, 4.69) is 15.4 Å². The monoisotopic (exact) mass is 476 g/mol. The van der Waals surface area contributed by atoms with Crippen molar-refractivity contribution in [3.8, 4) is 22.7 Å². The van der Waals surface area contributed by atoms with Crippen LogP contribution in [0.5, 0.6) is 5.75 Å². The van der Waals surface area contributed by atoms with Crippen molar-refractivity contribution in [2.45, 2.75) is 13.1 Å². The number of amides is 1. The van der Waals surface area contributed by atoms with Crippen molar-refractivity contribution in [2.75, 3.05) is 11.9 Å². The minimum absolute atomic E-state index is 0.0326. The zero-order valence-electron chi connectivity index (χ0n) is 17.1. The van der Waals surface area contributed by atoms with Crippen LogP contribution in [0.15, 0.2) is 60.1 Å². The standard InChI is InChI=1S/C22H16F4N4O2S/c1-2-32-16-9-3-13(4-10-16)18-12-33-21(28-18)29-20(31)17-11-27-30(19(17)22(24,25)26)15-7-5-14(23)6-8-15/h3-12H,2H2,1H3,(H,28,29,31). The number of aromatic nitrogens is 3. The van der Waals surface area contributed by atoms with Gasteiger partial charge in [0.15, 0.2) is 10.8 Å². The molecule has 2 heterocycles. The molecule has 0 aliphatic carbocycles. The third-order valence-electron chi connectivity index (χ3n) is 4.54. The van der Waals surface area contributed by atoms with E-state index in [9.17, 15) is 22.4 Å². The van der Waals surface area contributed by atoms with Gasteiger partial charge >= 0.3 is 6.18 Å². The van der Waals surface area contributed by atoms with Crippen molar-refractivity contribution in [2.24, 2.45) is 0 Å². The summed E-state index contributed by atoms with van der Waals surface area (Å²) in [4.78, 5) is 17.0. The maximum absolute atomic E-state index is 13.8. The number of nitrogens with zero attached hydrogens (tertiary/aromatic N) is 3. The lowest BCUT2D eigenvalue weighted by Crippen LogP contribution is -2.20. The molecule has 4 rings (SSSR count). The predicted octanol–water partition coefficient (Wildman–Crippen LogP) is 5.80. The number of hydrogen-bond acceptors (Lipinski definition) is 5. The first-order valence-electron chi connectivity index (χ1n) is 9.67. The molecule has 1 N–H and O–H groups in total. The Morgan fingerprint density at radius 1 is 1.12 bits per heavy atom. The van der Waals surface area contributed by atoms with Gasteiger partial charge in [0.2, 0.25) is 0 Å². The number of benzene rings is 2. The SMILES string of the molecule is CCOc1ccc(-c2csc(NC(=O)c3cnn(-c4ccc(F)cc4)c3C(F)(F)F)n2)cc1. The number of ether oxygens (including phenoxy) is 1. The van der Waals surface area contributed by atoms with E-state index in [0.29, 0.717) is 22.7 Å². The van der Waals surface area contributed by atoms with Crippen LogP contribution < -0.4 is 10.1 Å². The van der Waals surface area contributed by atoms with Crippen LogP contribution in [0.2, 0.25) is 0 Å². The summed E-state index contributed by atoms with van der Waals surface area (Å²) in [5.74, 6) is -0.921. The van der Waals surface area contributed by atoms with Gasteiger partial charge in [0.05, 0.1) is 29.7 Å².